The zero-order valence-electron chi connectivity index (χ0n) is 20.0. The molecule has 4 aliphatic carbocycles. The highest BCUT2D eigenvalue weighted by Gasteiger charge is 2.75. The first-order valence-electron chi connectivity index (χ1n) is 12.5. The van der Waals surface area contributed by atoms with Gasteiger partial charge in [-0.3, -0.25) is 14.6 Å². The first kappa shape index (κ1) is 22.8. The van der Waals surface area contributed by atoms with E-state index in [1.54, 1.807) is 30.6 Å². The maximum absolute atomic E-state index is 13.7. The molecule has 1 aromatic heterocycles. The molecule has 2 heterocycles. The summed E-state index contributed by atoms with van der Waals surface area (Å²) < 4.78 is 13.0. The minimum Gasteiger partial charge on any atom is -0.393 e. The number of hydrogen-bond donors (Lipinski definition) is 1. The Labute approximate surface area is 204 Å². The van der Waals surface area contributed by atoms with Gasteiger partial charge in [0.15, 0.2) is 23.5 Å². The van der Waals surface area contributed by atoms with Crippen molar-refractivity contribution in [3.8, 4) is 6.07 Å². The maximum Gasteiger partial charge on any atom is 0.187 e. The van der Waals surface area contributed by atoms with E-state index in [4.69, 9.17) is 9.47 Å². The summed E-state index contributed by atoms with van der Waals surface area (Å²) in [4.78, 5) is 29.9. The van der Waals surface area contributed by atoms with Gasteiger partial charge in [0.25, 0.3) is 0 Å². The number of carbonyl (C=O) groups is 2. The van der Waals surface area contributed by atoms with E-state index in [2.05, 4.69) is 18.8 Å². The fraction of sp³-hybridized carbons (Fsp3) is 0.571. The van der Waals surface area contributed by atoms with Gasteiger partial charge in [0.1, 0.15) is 0 Å². The molecule has 1 N–H and O–H groups in total. The van der Waals surface area contributed by atoms with E-state index in [-0.39, 0.29) is 41.2 Å². The second kappa shape index (κ2) is 7.67. The molecule has 1 saturated heterocycles. The third kappa shape index (κ3) is 2.91. The number of Topliss-reactive ketones (excluding diaryl/α,β-unsaturated/α-hetero) is 1. The van der Waals surface area contributed by atoms with Crippen LogP contribution in [0.25, 0.3) is 0 Å². The lowest BCUT2D eigenvalue weighted by molar-refractivity contribution is -0.199. The van der Waals surface area contributed by atoms with Gasteiger partial charge in [-0.1, -0.05) is 31.6 Å². The molecule has 6 rings (SSSR count). The van der Waals surface area contributed by atoms with Crippen LogP contribution >= 0.6 is 0 Å². The molecule has 0 radical (unpaired) electrons. The molecule has 7 nitrogen and oxygen atoms in total. The number of aliphatic hydroxyl groups excluding tert-OH is 1. The number of fused-ring (bicyclic) bond motifs is 7. The van der Waals surface area contributed by atoms with Crippen LogP contribution in [0.2, 0.25) is 0 Å². The van der Waals surface area contributed by atoms with Crippen LogP contribution < -0.4 is 0 Å². The van der Waals surface area contributed by atoms with Gasteiger partial charge in [-0.15, -0.1) is 0 Å². The standard InChI is InChI=1S/C28H30N2O5/c1-26-9-7-18(31)12-17(26)5-6-19-20-13-23-28(22(33)8-10-29,27(20,2)14-21(32)24(19)26)35-25(34-23)16-4-3-11-30-15-16/h3-4,7,9,11-12,15,19-21,23-25,32H,5-6,8,13-14H2,1-2H3/t19-,20-,21-,23+,24+,25?,26-,27-,28+/m0/s1. The number of rotatable bonds is 3. The van der Waals surface area contributed by atoms with Crippen molar-refractivity contribution in [2.24, 2.45) is 28.6 Å². The van der Waals surface area contributed by atoms with Crippen molar-refractivity contribution >= 4 is 11.6 Å². The van der Waals surface area contributed by atoms with Gasteiger partial charge >= 0.3 is 0 Å². The van der Waals surface area contributed by atoms with Crippen molar-refractivity contribution in [2.75, 3.05) is 0 Å². The largest absolute Gasteiger partial charge is 0.393 e. The van der Waals surface area contributed by atoms with Crippen molar-refractivity contribution in [1.82, 2.24) is 4.98 Å². The van der Waals surface area contributed by atoms with Crippen molar-refractivity contribution in [3.05, 3.63) is 53.9 Å². The van der Waals surface area contributed by atoms with Gasteiger partial charge in [0.05, 0.1) is 24.7 Å². The van der Waals surface area contributed by atoms with Crippen LogP contribution in [0.15, 0.2) is 48.3 Å². The Kier molecular flexibility index (Phi) is 4.99. The molecule has 182 valence electrons. The molecule has 5 aliphatic rings. The molecule has 0 spiro atoms. The SMILES string of the molecule is C[C@]12C=CC(=O)C=C1CC[C@@H]1[C@@H]2[C@@H](O)C[C@@]2(C)[C@H]1C[C@H]1OC(c3cccnc3)O[C@]12C(=O)CC#N. The number of hydrogen-bond acceptors (Lipinski definition) is 7. The van der Waals surface area contributed by atoms with Gasteiger partial charge in [-0.25, -0.2) is 0 Å². The molecule has 1 unspecified atom stereocenters. The molecule has 0 amide bonds. The van der Waals surface area contributed by atoms with Crippen molar-refractivity contribution in [3.63, 3.8) is 0 Å². The smallest absolute Gasteiger partial charge is 0.187 e. The molecular weight excluding hydrogens is 444 g/mol. The molecule has 9 atom stereocenters. The highest BCUT2D eigenvalue weighted by Crippen LogP contribution is 2.70. The lowest BCUT2D eigenvalue weighted by atomic mass is 9.46. The van der Waals surface area contributed by atoms with Crippen molar-refractivity contribution in [2.45, 2.75) is 70.1 Å². The summed E-state index contributed by atoms with van der Waals surface area (Å²) in [6, 6.07) is 5.69. The molecule has 7 heteroatoms. The monoisotopic (exact) mass is 474 g/mol. The van der Waals surface area contributed by atoms with E-state index in [1.165, 1.54) is 0 Å². The molecule has 4 fully saturated rings. The topological polar surface area (TPSA) is 110 Å². The summed E-state index contributed by atoms with van der Waals surface area (Å²) in [5, 5.41) is 21.1. The summed E-state index contributed by atoms with van der Waals surface area (Å²) in [6.07, 6.45) is 9.14. The number of aromatic nitrogens is 1. The van der Waals surface area contributed by atoms with E-state index < -0.39 is 29.5 Å². The highest BCUT2D eigenvalue weighted by molar-refractivity contribution is 6.01. The minimum atomic E-state index is -1.30. The lowest BCUT2D eigenvalue weighted by Crippen LogP contribution is -2.63. The van der Waals surface area contributed by atoms with Crippen LogP contribution in [0.4, 0.5) is 0 Å². The molecule has 3 saturated carbocycles. The van der Waals surface area contributed by atoms with Crippen molar-refractivity contribution < 1.29 is 24.2 Å². The van der Waals surface area contributed by atoms with Gasteiger partial charge in [0.2, 0.25) is 0 Å². The van der Waals surface area contributed by atoms with E-state index in [0.717, 1.165) is 24.0 Å². The fourth-order valence-corrected chi connectivity index (χ4v) is 8.44. The maximum atomic E-state index is 13.7. The Morgan fingerprint density at radius 2 is 2.20 bits per heavy atom. The predicted molar refractivity (Wildman–Crippen MR) is 124 cm³/mol. The Bertz CT molecular complexity index is 1190. The Hall–Kier alpha value is -2.66. The quantitative estimate of drug-likeness (QED) is 0.713. The second-order valence-electron chi connectivity index (χ2n) is 11.3. The number of pyridine rings is 1. The zero-order chi connectivity index (χ0) is 24.6. The third-order valence-electron chi connectivity index (χ3n) is 9.85. The summed E-state index contributed by atoms with van der Waals surface area (Å²) in [6.45, 7) is 4.18. The first-order chi connectivity index (χ1) is 16.7. The van der Waals surface area contributed by atoms with Crippen LogP contribution in [0, 0.1) is 39.9 Å². The average Bonchev–Trinajstić information content (AvgIpc) is 3.33. The zero-order valence-corrected chi connectivity index (χ0v) is 20.0. The molecule has 0 bridgehead atoms. The van der Waals surface area contributed by atoms with E-state index >= 15 is 0 Å². The number of ketones is 2. The number of aliphatic hydroxyl groups is 1. The Balaban J connectivity index is 1.41. The fourth-order valence-electron chi connectivity index (χ4n) is 8.44. The summed E-state index contributed by atoms with van der Waals surface area (Å²) >= 11 is 0. The number of nitriles is 1. The summed E-state index contributed by atoms with van der Waals surface area (Å²) in [5.41, 5.74) is -0.549. The van der Waals surface area contributed by atoms with E-state index in [1.807, 2.05) is 18.2 Å². The highest BCUT2D eigenvalue weighted by atomic mass is 16.7. The van der Waals surface area contributed by atoms with Gasteiger partial charge in [-0.2, -0.15) is 5.26 Å². The molecular formula is C28H30N2O5. The summed E-state index contributed by atoms with van der Waals surface area (Å²) in [5.74, 6) is -0.0856. The number of nitrogens with zero attached hydrogens (tertiary/aromatic N) is 2. The second-order valence-corrected chi connectivity index (χ2v) is 11.3. The van der Waals surface area contributed by atoms with Crippen LogP contribution in [0.1, 0.15) is 57.8 Å². The normalized spacial score (nSPS) is 45.5. The minimum absolute atomic E-state index is 0.00533. The van der Waals surface area contributed by atoms with Crippen LogP contribution in [-0.2, 0) is 19.1 Å². The third-order valence-corrected chi connectivity index (χ3v) is 9.85. The van der Waals surface area contributed by atoms with Crippen LogP contribution in [-0.4, -0.2) is 39.5 Å². The Morgan fingerprint density at radius 3 is 2.94 bits per heavy atom. The predicted octanol–water partition coefficient (Wildman–Crippen LogP) is 3.61. The van der Waals surface area contributed by atoms with Crippen LogP contribution in [0.5, 0.6) is 0 Å². The van der Waals surface area contributed by atoms with Gasteiger partial charge < -0.3 is 14.6 Å². The van der Waals surface area contributed by atoms with Gasteiger partial charge in [-0.05, 0) is 55.7 Å². The van der Waals surface area contributed by atoms with Crippen molar-refractivity contribution in [1.29, 1.82) is 5.26 Å². The van der Waals surface area contributed by atoms with Gasteiger partial charge in [0, 0.05) is 34.7 Å². The first-order valence-corrected chi connectivity index (χ1v) is 12.5. The van der Waals surface area contributed by atoms with E-state index in [9.17, 15) is 20.0 Å². The molecule has 1 aliphatic heterocycles. The molecule has 0 aromatic carbocycles. The summed E-state index contributed by atoms with van der Waals surface area (Å²) in [7, 11) is 0. The Morgan fingerprint density at radius 1 is 1.37 bits per heavy atom. The number of allylic oxidation sites excluding steroid dienone is 4. The van der Waals surface area contributed by atoms with E-state index in [0.29, 0.717) is 12.8 Å². The number of ether oxygens (including phenoxy) is 2. The molecule has 1 aromatic rings. The lowest BCUT2D eigenvalue weighted by Gasteiger charge is -2.59. The average molecular weight is 475 g/mol. The van der Waals surface area contributed by atoms with Crippen LogP contribution in [0.3, 0.4) is 0 Å². The number of carbonyl (C=O) groups excluding carboxylic acids is 2. The molecule has 35 heavy (non-hydrogen) atoms.